The van der Waals surface area contributed by atoms with Crippen LogP contribution >= 0.6 is 0 Å². The van der Waals surface area contributed by atoms with Crippen molar-refractivity contribution in [3.8, 4) is 0 Å². The fraction of sp³-hybridized carbons (Fsp3) is 0.176. The molecule has 0 unspecified atom stereocenters. The summed E-state index contributed by atoms with van der Waals surface area (Å²) in [6, 6.07) is 9.43. The summed E-state index contributed by atoms with van der Waals surface area (Å²) >= 11 is 0. The molecule has 0 radical (unpaired) electrons. The predicted molar refractivity (Wildman–Crippen MR) is 94.6 cm³/mol. The number of anilines is 1. The second-order valence-electron chi connectivity index (χ2n) is 5.70. The van der Waals surface area contributed by atoms with Crippen LogP contribution in [0.3, 0.4) is 0 Å². The Morgan fingerprint density at radius 1 is 1.04 bits per heavy atom. The first-order valence-corrected chi connectivity index (χ1v) is 9.30. The monoisotopic (exact) mass is 415 g/mol. The molecule has 0 aliphatic rings. The van der Waals surface area contributed by atoms with Crippen molar-refractivity contribution in [3.63, 3.8) is 0 Å². The van der Waals surface area contributed by atoms with E-state index in [1.54, 1.807) is 18.2 Å². The van der Waals surface area contributed by atoms with Gasteiger partial charge in [0.1, 0.15) is 0 Å². The van der Waals surface area contributed by atoms with Gasteiger partial charge in [0.05, 0.1) is 23.4 Å². The maximum atomic E-state index is 12.7. The second-order valence-corrected chi connectivity index (χ2v) is 7.47. The van der Waals surface area contributed by atoms with Crippen LogP contribution < -0.4 is 15.8 Å². The third kappa shape index (κ3) is 5.79. The van der Waals surface area contributed by atoms with E-state index >= 15 is 0 Å². The number of benzene rings is 2. The molecule has 7 nitrogen and oxygen atoms in total. The molecule has 0 atom stereocenters. The maximum Gasteiger partial charge on any atom is 0.416 e. The molecule has 0 fully saturated rings. The van der Waals surface area contributed by atoms with E-state index in [1.165, 1.54) is 6.07 Å². The van der Waals surface area contributed by atoms with Crippen molar-refractivity contribution in [1.82, 2.24) is 4.72 Å². The lowest BCUT2D eigenvalue weighted by Crippen LogP contribution is -2.33. The first-order chi connectivity index (χ1) is 13.0. The molecule has 2 amide bonds. The minimum Gasteiger partial charge on any atom is -0.369 e. The van der Waals surface area contributed by atoms with Gasteiger partial charge >= 0.3 is 6.18 Å². The highest BCUT2D eigenvalue weighted by Gasteiger charge is 2.31. The minimum atomic E-state index is -4.70. The molecule has 2 aromatic carbocycles. The molecule has 0 aromatic heterocycles. The Hall–Kier alpha value is -2.92. The van der Waals surface area contributed by atoms with Crippen LogP contribution in [0.15, 0.2) is 53.4 Å². The number of carbonyl (C=O) groups is 2. The van der Waals surface area contributed by atoms with Gasteiger partial charge in [0.2, 0.25) is 21.8 Å². The van der Waals surface area contributed by atoms with Crippen molar-refractivity contribution in [1.29, 1.82) is 0 Å². The van der Waals surface area contributed by atoms with Crippen molar-refractivity contribution in [3.05, 3.63) is 59.7 Å². The van der Waals surface area contributed by atoms with E-state index in [0.717, 1.165) is 18.2 Å². The summed E-state index contributed by atoms with van der Waals surface area (Å²) in [5.41, 5.74) is 4.70. The molecule has 11 heteroatoms. The van der Waals surface area contributed by atoms with Crippen LogP contribution in [0.5, 0.6) is 0 Å². The molecule has 2 aromatic rings. The Morgan fingerprint density at radius 3 is 2.36 bits per heavy atom. The van der Waals surface area contributed by atoms with Gasteiger partial charge in [0.15, 0.2) is 0 Å². The summed E-state index contributed by atoms with van der Waals surface area (Å²) in [5.74, 6) is -1.39. The number of sulfonamides is 1. The molecule has 2 rings (SSSR count). The van der Waals surface area contributed by atoms with Gasteiger partial charge < -0.3 is 11.1 Å². The maximum absolute atomic E-state index is 12.7. The molecule has 0 aliphatic carbocycles. The van der Waals surface area contributed by atoms with E-state index in [4.69, 9.17) is 5.73 Å². The number of rotatable bonds is 7. The number of primary amides is 1. The molecular weight excluding hydrogens is 399 g/mol. The molecule has 4 N–H and O–H groups in total. The van der Waals surface area contributed by atoms with Crippen LogP contribution in [-0.4, -0.2) is 26.8 Å². The lowest BCUT2D eigenvalue weighted by Gasteiger charge is -2.12. The largest absolute Gasteiger partial charge is 0.416 e. The summed E-state index contributed by atoms with van der Waals surface area (Å²) in [4.78, 5) is 22.5. The van der Waals surface area contributed by atoms with E-state index in [1.807, 2.05) is 4.72 Å². The number of hydrogen-bond acceptors (Lipinski definition) is 4. The Kier molecular flexibility index (Phi) is 6.41. The third-order valence-corrected chi connectivity index (χ3v) is 4.95. The lowest BCUT2D eigenvalue weighted by atomic mass is 10.1. The van der Waals surface area contributed by atoms with Gasteiger partial charge in [-0.05, 0) is 29.8 Å². The summed E-state index contributed by atoms with van der Waals surface area (Å²) in [6.45, 7) is -0.719. The Bertz CT molecular complexity index is 991. The van der Waals surface area contributed by atoms with Crippen molar-refractivity contribution in [2.75, 3.05) is 11.9 Å². The Labute approximate surface area is 158 Å². The van der Waals surface area contributed by atoms with Crippen molar-refractivity contribution in [2.24, 2.45) is 5.73 Å². The van der Waals surface area contributed by atoms with Gasteiger partial charge in [-0.1, -0.05) is 24.3 Å². The van der Waals surface area contributed by atoms with Gasteiger partial charge in [0, 0.05) is 5.69 Å². The standard InChI is InChI=1S/C17H16F3N3O4S/c18-17(19,20)12-5-3-6-13(9-12)28(26,27)22-10-16(25)23-14-7-2-1-4-11(14)8-15(21)24/h1-7,9,22H,8,10H2,(H2,21,24)(H,23,25). The van der Waals surface area contributed by atoms with Crippen LogP contribution in [0.2, 0.25) is 0 Å². The molecule has 150 valence electrons. The topological polar surface area (TPSA) is 118 Å². The summed E-state index contributed by atoms with van der Waals surface area (Å²) in [7, 11) is -4.34. The fourth-order valence-corrected chi connectivity index (χ4v) is 3.29. The summed E-state index contributed by atoms with van der Waals surface area (Å²) < 4.78 is 64.4. The fourth-order valence-electron chi connectivity index (χ4n) is 2.26. The predicted octanol–water partition coefficient (Wildman–Crippen LogP) is 1.65. The number of carbonyl (C=O) groups excluding carboxylic acids is 2. The number of halogens is 3. The molecule has 28 heavy (non-hydrogen) atoms. The smallest absolute Gasteiger partial charge is 0.369 e. The lowest BCUT2D eigenvalue weighted by molar-refractivity contribution is -0.137. The molecular formula is C17H16F3N3O4S. The zero-order valence-corrected chi connectivity index (χ0v) is 15.1. The van der Waals surface area contributed by atoms with Crippen LogP contribution in [0.1, 0.15) is 11.1 Å². The quantitative estimate of drug-likeness (QED) is 0.637. The highest BCUT2D eigenvalue weighted by atomic mass is 32.2. The molecule has 0 aliphatic heterocycles. The first-order valence-electron chi connectivity index (χ1n) is 7.82. The summed E-state index contributed by atoms with van der Waals surface area (Å²) in [6.07, 6.45) is -4.83. The normalized spacial score (nSPS) is 11.8. The van der Waals surface area contributed by atoms with E-state index in [2.05, 4.69) is 5.32 Å². The second kappa shape index (κ2) is 8.40. The van der Waals surface area contributed by atoms with E-state index < -0.39 is 45.0 Å². The number of para-hydroxylation sites is 1. The number of hydrogen-bond donors (Lipinski definition) is 3. The zero-order chi connectivity index (χ0) is 20.9. The summed E-state index contributed by atoms with van der Waals surface area (Å²) in [5, 5.41) is 2.42. The number of amides is 2. The average molecular weight is 415 g/mol. The van der Waals surface area contributed by atoms with Gasteiger partial charge in [-0.25, -0.2) is 13.1 Å². The SMILES string of the molecule is NC(=O)Cc1ccccc1NC(=O)CNS(=O)(=O)c1cccc(C(F)(F)F)c1. The van der Waals surface area contributed by atoms with Crippen LogP contribution in [-0.2, 0) is 32.2 Å². The average Bonchev–Trinajstić information content (AvgIpc) is 2.61. The van der Waals surface area contributed by atoms with Crippen molar-refractivity contribution >= 4 is 27.5 Å². The number of nitrogens with two attached hydrogens (primary N) is 1. The highest BCUT2D eigenvalue weighted by Crippen LogP contribution is 2.30. The molecule has 0 saturated carbocycles. The van der Waals surface area contributed by atoms with E-state index in [9.17, 15) is 31.2 Å². The Balaban J connectivity index is 2.08. The third-order valence-electron chi connectivity index (χ3n) is 3.55. The molecule has 0 bridgehead atoms. The number of nitrogens with one attached hydrogen (secondary N) is 2. The van der Waals surface area contributed by atoms with Gasteiger partial charge in [-0.3, -0.25) is 9.59 Å². The Morgan fingerprint density at radius 2 is 1.71 bits per heavy atom. The van der Waals surface area contributed by atoms with E-state index in [-0.39, 0.29) is 12.1 Å². The van der Waals surface area contributed by atoms with Crippen molar-refractivity contribution < 1.29 is 31.2 Å². The number of alkyl halides is 3. The van der Waals surface area contributed by atoms with Gasteiger partial charge in [-0.15, -0.1) is 0 Å². The van der Waals surface area contributed by atoms with Crippen LogP contribution in [0.4, 0.5) is 18.9 Å². The van der Waals surface area contributed by atoms with Gasteiger partial charge in [-0.2, -0.15) is 13.2 Å². The van der Waals surface area contributed by atoms with E-state index in [0.29, 0.717) is 11.6 Å². The van der Waals surface area contributed by atoms with Gasteiger partial charge in [0.25, 0.3) is 0 Å². The zero-order valence-electron chi connectivity index (χ0n) is 14.3. The highest BCUT2D eigenvalue weighted by molar-refractivity contribution is 7.89. The molecule has 0 heterocycles. The van der Waals surface area contributed by atoms with Crippen LogP contribution in [0.25, 0.3) is 0 Å². The first kappa shape index (κ1) is 21.4. The van der Waals surface area contributed by atoms with Crippen molar-refractivity contribution in [2.45, 2.75) is 17.5 Å². The molecule has 0 saturated heterocycles. The van der Waals surface area contributed by atoms with Crippen LogP contribution in [0, 0.1) is 0 Å². The minimum absolute atomic E-state index is 0.133. The molecule has 0 spiro atoms.